The van der Waals surface area contributed by atoms with Gasteiger partial charge in [-0.15, -0.1) is 0 Å². The lowest BCUT2D eigenvalue weighted by molar-refractivity contribution is -0.283. The molecule has 1 aromatic rings. The van der Waals surface area contributed by atoms with Gasteiger partial charge in [0.15, 0.2) is 0 Å². The second-order valence-corrected chi connectivity index (χ2v) is 4.63. The summed E-state index contributed by atoms with van der Waals surface area (Å²) in [5.41, 5.74) is 1.53. The van der Waals surface area contributed by atoms with Crippen LogP contribution in [0.15, 0.2) is 29.3 Å². The molecule has 0 amide bonds. The molecule has 0 atom stereocenters. The van der Waals surface area contributed by atoms with Gasteiger partial charge in [0, 0.05) is 7.11 Å². The van der Waals surface area contributed by atoms with E-state index in [9.17, 15) is 0 Å². The number of hydrogen-bond donors (Lipinski definition) is 0. The number of nitrogens with zero attached hydrogens (tertiary/aromatic N) is 1. The first-order valence-corrected chi connectivity index (χ1v) is 5.46. The molecule has 0 heterocycles. The molecule has 4 heteroatoms. The van der Waals surface area contributed by atoms with Gasteiger partial charge in [0.1, 0.15) is 5.60 Å². The van der Waals surface area contributed by atoms with E-state index in [4.69, 9.17) is 14.5 Å². The zero-order valence-electron chi connectivity index (χ0n) is 10.8. The van der Waals surface area contributed by atoms with Gasteiger partial charge >= 0.3 is 0 Å². The number of aliphatic imine (C=N–C) groups is 1. The Balaban J connectivity index is 2.50. The fraction of sp³-hybridized carbons (Fsp3) is 0.462. The van der Waals surface area contributed by atoms with Crippen LogP contribution in [0.1, 0.15) is 26.3 Å². The minimum atomic E-state index is -0.343. The summed E-state index contributed by atoms with van der Waals surface area (Å²) in [6, 6.07) is 7.72. The van der Waals surface area contributed by atoms with Gasteiger partial charge in [0.2, 0.25) is 6.40 Å². The van der Waals surface area contributed by atoms with E-state index in [1.54, 1.807) is 7.11 Å². The van der Waals surface area contributed by atoms with Gasteiger partial charge in [-0.05, 0) is 38.5 Å². The maximum Gasteiger partial charge on any atom is 0.219 e. The number of benzene rings is 1. The molecule has 0 aliphatic carbocycles. The van der Waals surface area contributed by atoms with Crippen LogP contribution in [0, 0.1) is 0 Å². The molecule has 0 aliphatic rings. The zero-order valence-corrected chi connectivity index (χ0v) is 10.8. The molecule has 0 saturated heterocycles. The highest BCUT2D eigenvalue weighted by molar-refractivity contribution is 5.55. The second-order valence-electron chi connectivity index (χ2n) is 4.63. The van der Waals surface area contributed by atoms with Gasteiger partial charge in [-0.2, -0.15) is 4.89 Å². The van der Waals surface area contributed by atoms with Crippen molar-refractivity contribution in [1.82, 2.24) is 0 Å². The number of methoxy groups -OCH3 is 1. The first-order valence-electron chi connectivity index (χ1n) is 5.46. The topological polar surface area (TPSA) is 40.0 Å². The molecular weight excluding hydrogens is 218 g/mol. The summed E-state index contributed by atoms with van der Waals surface area (Å²) in [6.07, 6.45) is 1.29. The monoisotopic (exact) mass is 237 g/mol. The molecule has 0 unspecified atom stereocenters. The van der Waals surface area contributed by atoms with Crippen LogP contribution in [0.25, 0.3) is 0 Å². The molecule has 0 radical (unpaired) electrons. The lowest BCUT2D eigenvalue weighted by Crippen LogP contribution is -2.18. The molecular formula is C13H19NO3. The maximum atomic E-state index is 5.05. The molecule has 17 heavy (non-hydrogen) atoms. The van der Waals surface area contributed by atoms with Crippen LogP contribution in [0.5, 0.6) is 0 Å². The number of rotatable bonds is 5. The normalized spacial score (nSPS) is 12.0. The van der Waals surface area contributed by atoms with Crippen LogP contribution in [0.3, 0.4) is 0 Å². The Morgan fingerprint density at radius 3 is 2.71 bits per heavy atom. The zero-order chi connectivity index (χ0) is 12.7. The molecule has 0 aromatic heterocycles. The second kappa shape index (κ2) is 6.37. The van der Waals surface area contributed by atoms with Gasteiger partial charge in [0.25, 0.3) is 0 Å². The van der Waals surface area contributed by atoms with E-state index in [-0.39, 0.29) is 5.60 Å². The van der Waals surface area contributed by atoms with Crippen molar-refractivity contribution in [2.75, 3.05) is 7.11 Å². The van der Waals surface area contributed by atoms with Crippen LogP contribution in [0.4, 0.5) is 5.69 Å². The highest BCUT2D eigenvalue weighted by atomic mass is 17.2. The third-order valence-electron chi connectivity index (χ3n) is 1.76. The van der Waals surface area contributed by atoms with Crippen molar-refractivity contribution < 1.29 is 14.5 Å². The van der Waals surface area contributed by atoms with E-state index in [1.165, 1.54) is 6.40 Å². The van der Waals surface area contributed by atoms with E-state index in [0.717, 1.165) is 11.3 Å². The van der Waals surface area contributed by atoms with Crippen molar-refractivity contribution in [2.24, 2.45) is 4.99 Å². The van der Waals surface area contributed by atoms with Gasteiger partial charge in [0.05, 0.1) is 12.3 Å². The van der Waals surface area contributed by atoms with E-state index in [1.807, 2.05) is 45.0 Å². The van der Waals surface area contributed by atoms with Gasteiger partial charge < -0.3 is 9.62 Å². The quantitative estimate of drug-likeness (QED) is 0.341. The fourth-order valence-electron chi connectivity index (χ4n) is 1.14. The first kappa shape index (κ1) is 13.7. The summed E-state index contributed by atoms with van der Waals surface area (Å²) in [5, 5.41) is 0. The highest BCUT2D eigenvalue weighted by Gasteiger charge is 2.10. The Bertz CT molecular complexity index is 369. The molecule has 4 nitrogen and oxygen atoms in total. The smallest absolute Gasteiger partial charge is 0.219 e. The van der Waals surface area contributed by atoms with Crippen molar-refractivity contribution in [3.63, 3.8) is 0 Å². The average molecular weight is 237 g/mol. The summed E-state index contributed by atoms with van der Waals surface area (Å²) in [7, 11) is 1.66. The predicted octanol–water partition coefficient (Wildman–Crippen LogP) is 3.24. The standard InChI is InChI=1S/C13H19NO3/c1-13(2,3)17-16-10-14-12-7-5-6-11(8-12)9-15-4/h5-8,10H,9H2,1-4H3. The van der Waals surface area contributed by atoms with Crippen LogP contribution in [-0.2, 0) is 21.1 Å². The van der Waals surface area contributed by atoms with Gasteiger partial charge in [-0.25, -0.2) is 4.99 Å². The summed E-state index contributed by atoms with van der Waals surface area (Å²) in [5.74, 6) is 0. The Hall–Kier alpha value is -1.39. The third kappa shape index (κ3) is 6.04. The van der Waals surface area contributed by atoms with E-state index in [0.29, 0.717) is 6.61 Å². The van der Waals surface area contributed by atoms with Crippen LogP contribution < -0.4 is 0 Å². The molecule has 1 rings (SSSR count). The molecule has 0 N–H and O–H groups in total. The minimum Gasteiger partial charge on any atom is -0.380 e. The molecule has 0 bridgehead atoms. The lowest BCUT2D eigenvalue weighted by atomic mass is 10.2. The number of hydrogen-bond acceptors (Lipinski definition) is 4. The van der Waals surface area contributed by atoms with Crippen molar-refractivity contribution in [3.05, 3.63) is 29.8 Å². The minimum absolute atomic E-state index is 0.343. The van der Waals surface area contributed by atoms with E-state index in [2.05, 4.69) is 4.99 Å². The Kier molecular flexibility index (Phi) is 5.12. The Morgan fingerprint density at radius 1 is 1.29 bits per heavy atom. The van der Waals surface area contributed by atoms with Crippen LogP contribution in [0.2, 0.25) is 0 Å². The van der Waals surface area contributed by atoms with Gasteiger partial charge in [-0.1, -0.05) is 12.1 Å². The number of ether oxygens (including phenoxy) is 1. The fourth-order valence-corrected chi connectivity index (χ4v) is 1.14. The van der Waals surface area contributed by atoms with Crippen LogP contribution in [-0.4, -0.2) is 19.1 Å². The summed E-state index contributed by atoms with van der Waals surface area (Å²) in [4.78, 5) is 14.1. The molecule has 0 fully saturated rings. The largest absolute Gasteiger partial charge is 0.380 e. The van der Waals surface area contributed by atoms with E-state index >= 15 is 0 Å². The highest BCUT2D eigenvalue weighted by Crippen LogP contribution is 2.14. The van der Waals surface area contributed by atoms with E-state index < -0.39 is 0 Å². The van der Waals surface area contributed by atoms with Crippen molar-refractivity contribution in [3.8, 4) is 0 Å². The summed E-state index contributed by atoms with van der Waals surface area (Å²) in [6.45, 7) is 6.28. The summed E-state index contributed by atoms with van der Waals surface area (Å²) >= 11 is 0. The molecule has 1 aromatic carbocycles. The molecule has 0 spiro atoms. The predicted molar refractivity (Wildman–Crippen MR) is 67.2 cm³/mol. The molecule has 0 aliphatic heterocycles. The van der Waals surface area contributed by atoms with Crippen molar-refractivity contribution in [1.29, 1.82) is 0 Å². The van der Waals surface area contributed by atoms with Crippen molar-refractivity contribution in [2.45, 2.75) is 33.0 Å². The maximum absolute atomic E-state index is 5.05. The third-order valence-corrected chi connectivity index (χ3v) is 1.76. The van der Waals surface area contributed by atoms with Crippen LogP contribution >= 0.6 is 0 Å². The lowest BCUT2D eigenvalue weighted by Gasteiger charge is -2.15. The SMILES string of the molecule is COCc1cccc(N=COOC(C)(C)C)c1. The van der Waals surface area contributed by atoms with Crippen molar-refractivity contribution >= 4 is 12.1 Å². The first-order chi connectivity index (χ1) is 8.01. The Morgan fingerprint density at radius 2 is 2.06 bits per heavy atom. The average Bonchev–Trinajstić information content (AvgIpc) is 2.24. The molecule has 94 valence electrons. The molecule has 0 saturated carbocycles. The van der Waals surface area contributed by atoms with Gasteiger partial charge in [-0.3, -0.25) is 0 Å². The summed E-state index contributed by atoms with van der Waals surface area (Å²) < 4.78 is 5.05. The Labute approximate surface area is 102 Å².